The molecule has 2 heterocycles. The van der Waals surface area contributed by atoms with Crippen molar-refractivity contribution in [2.75, 3.05) is 0 Å². The molecule has 0 aliphatic carbocycles. The molecule has 0 bridgehead atoms. The van der Waals surface area contributed by atoms with Crippen molar-refractivity contribution in [3.8, 4) is 51.0 Å². The van der Waals surface area contributed by atoms with Gasteiger partial charge in [-0.15, -0.1) is 23.8 Å². The van der Waals surface area contributed by atoms with Crippen LogP contribution in [0.15, 0.2) is 97.2 Å². The summed E-state index contributed by atoms with van der Waals surface area (Å²) < 4.78 is 5.96. The van der Waals surface area contributed by atoms with Crippen LogP contribution >= 0.6 is 0 Å². The number of benzene rings is 3. The van der Waals surface area contributed by atoms with E-state index in [1.807, 2.05) is 54.6 Å². The maximum Gasteiger partial charge on any atom is 0.217 e. The zero-order valence-electron chi connectivity index (χ0n) is 24.3. The van der Waals surface area contributed by atoms with Crippen molar-refractivity contribution < 1.29 is 30.9 Å². The Bertz CT molecular complexity index is 1640. The number of rotatable bonds is 5. The molecule has 0 aliphatic heterocycles. The Morgan fingerprint density at radius 3 is 2.07 bits per heavy atom. The van der Waals surface area contributed by atoms with Crippen molar-refractivity contribution in [2.45, 2.75) is 52.4 Å². The molecule has 0 spiro atoms. The van der Waals surface area contributed by atoms with E-state index >= 15 is 0 Å². The Hall–Kier alpha value is -3.75. The number of pyridine rings is 2. The molecule has 5 rings (SSSR count). The van der Waals surface area contributed by atoms with E-state index < -0.39 is 0 Å². The smallest absolute Gasteiger partial charge is 0.217 e. The first-order chi connectivity index (χ1) is 19.0. The van der Waals surface area contributed by atoms with Crippen molar-refractivity contribution in [2.24, 2.45) is 0 Å². The first-order valence-electron chi connectivity index (χ1n) is 13.6. The average molecular weight is 723 g/mol. The second-order valence-corrected chi connectivity index (χ2v) is 12.1. The van der Waals surface area contributed by atoms with Crippen LogP contribution in [0.25, 0.3) is 33.6 Å². The molecule has 0 fully saturated rings. The quantitative estimate of drug-likeness (QED) is 0.184. The van der Waals surface area contributed by atoms with Gasteiger partial charge < -0.3 is 9.84 Å². The van der Waals surface area contributed by atoms with Gasteiger partial charge in [0.1, 0.15) is 5.75 Å². The molecule has 3 aromatic carbocycles. The normalized spacial score (nSPS) is 11.6. The van der Waals surface area contributed by atoms with Crippen molar-refractivity contribution >= 4 is 0 Å². The van der Waals surface area contributed by atoms with Crippen LogP contribution in [0.3, 0.4) is 0 Å². The van der Waals surface area contributed by atoms with E-state index in [9.17, 15) is 5.11 Å². The minimum Gasteiger partial charge on any atom is -0.507 e. The summed E-state index contributed by atoms with van der Waals surface area (Å²) >= 11 is 0. The maximum absolute atomic E-state index is 11.6. The fourth-order valence-corrected chi connectivity index (χ4v) is 4.62. The van der Waals surface area contributed by atoms with Gasteiger partial charge in [-0.2, -0.15) is 0 Å². The fraction of sp³-hybridized carbons (Fsp3) is 0.222. The summed E-state index contributed by atoms with van der Waals surface area (Å²) in [6, 6.07) is 33.2. The van der Waals surface area contributed by atoms with Gasteiger partial charge in [-0.25, -0.2) is 4.98 Å². The van der Waals surface area contributed by atoms with E-state index in [0.717, 1.165) is 39.1 Å². The van der Waals surface area contributed by atoms with Crippen LogP contribution in [0.5, 0.6) is 17.4 Å². The van der Waals surface area contributed by atoms with Gasteiger partial charge in [0.2, 0.25) is 5.88 Å². The summed E-state index contributed by atoms with van der Waals surface area (Å²) in [6.07, 6.45) is 1.69. The van der Waals surface area contributed by atoms with Crippen molar-refractivity contribution in [1.82, 2.24) is 9.97 Å². The third-order valence-electron chi connectivity index (χ3n) is 6.89. The molecule has 0 saturated carbocycles. The van der Waals surface area contributed by atoms with Gasteiger partial charge in [0.15, 0.2) is 0 Å². The van der Waals surface area contributed by atoms with Gasteiger partial charge in [0.05, 0.1) is 5.69 Å². The van der Waals surface area contributed by atoms with Crippen molar-refractivity contribution in [1.29, 1.82) is 0 Å². The summed E-state index contributed by atoms with van der Waals surface area (Å²) in [6.45, 7) is 12.9. The fourth-order valence-electron chi connectivity index (χ4n) is 4.62. The summed E-state index contributed by atoms with van der Waals surface area (Å²) in [7, 11) is 0. The number of aromatic nitrogens is 2. The number of ether oxygens (including phenoxy) is 1. The third kappa shape index (κ3) is 6.94. The van der Waals surface area contributed by atoms with E-state index in [-0.39, 0.29) is 37.6 Å². The van der Waals surface area contributed by atoms with E-state index in [0.29, 0.717) is 17.3 Å². The molecule has 2 aromatic heterocycles. The Labute approximate surface area is 257 Å². The number of hydrogen-bond acceptors (Lipinski definition) is 4. The molecule has 5 aromatic rings. The van der Waals surface area contributed by atoms with Crippen molar-refractivity contribution in [3.63, 3.8) is 0 Å². The minimum atomic E-state index is -0.245. The molecule has 212 valence electrons. The molecule has 4 nitrogen and oxygen atoms in total. The van der Waals surface area contributed by atoms with Gasteiger partial charge in [-0.1, -0.05) is 96.1 Å². The summed E-state index contributed by atoms with van der Waals surface area (Å²) in [5.74, 6) is 1.32. The zero-order valence-corrected chi connectivity index (χ0v) is 26.6. The van der Waals surface area contributed by atoms with Crippen LogP contribution in [0.1, 0.15) is 52.7 Å². The molecule has 0 radical (unpaired) electrons. The van der Waals surface area contributed by atoms with Gasteiger partial charge in [-0.05, 0) is 51.4 Å². The molecule has 0 aliphatic rings. The van der Waals surface area contributed by atoms with Crippen LogP contribution < -0.4 is 4.74 Å². The molecule has 5 heteroatoms. The Balaban J connectivity index is 0.00000387. The van der Waals surface area contributed by atoms with E-state index in [1.165, 1.54) is 0 Å². The monoisotopic (exact) mass is 722 g/mol. The predicted molar refractivity (Wildman–Crippen MR) is 163 cm³/mol. The summed E-state index contributed by atoms with van der Waals surface area (Å²) in [4.78, 5) is 9.36. The van der Waals surface area contributed by atoms with Gasteiger partial charge in [-0.3, -0.25) is 4.98 Å². The molecule has 1 N–H and O–H groups in total. The Morgan fingerprint density at radius 1 is 0.707 bits per heavy atom. The molecule has 0 unspecified atom stereocenters. The van der Waals surface area contributed by atoms with E-state index in [1.54, 1.807) is 6.20 Å². The number of nitrogens with zero attached hydrogens (tertiary/aromatic N) is 2. The topological polar surface area (TPSA) is 55.2 Å². The molecule has 0 atom stereocenters. The molecular formula is C36H35N2O2Pt-. The molecule has 41 heavy (non-hydrogen) atoms. The zero-order chi connectivity index (χ0) is 28.5. The first-order valence-corrected chi connectivity index (χ1v) is 13.6. The van der Waals surface area contributed by atoms with Gasteiger partial charge in [0, 0.05) is 50.2 Å². The standard InChI is InChI=1S/C36H35N2O2.Pt/c1-35(2,3)27-22-29(34(39)30(23-27)36(4,5)6)32-21-26(24-13-8-7-9-14-24)20-31(38-32)25-15-12-16-28(19-25)40-33-17-10-11-18-37-33;/h7-18,20-23,39H,1-6H3;/q-1;. The molecular weight excluding hydrogens is 687 g/mol. The maximum atomic E-state index is 11.6. The van der Waals surface area contributed by atoms with Crippen LogP contribution in [-0.2, 0) is 31.9 Å². The molecule has 0 saturated heterocycles. The second-order valence-electron chi connectivity index (χ2n) is 12.1. The van der Waals surface area contributed by atoms with Crippen LogP contribution in [0, 0.1) is 6.07 Å². The number of aromatic hydroxyl groups is 1. The summed E-state index contributed by atoms with van der Waals surface area (Å²) in [5, 5.41) is 11.6. The summed E-state index contributed by atoms with van der Waals surface area (Å²) in [5.41, 5.74) is 6.72. The average Bonchev–Trinajstić information content (AvgIpc) is 2.93. The minimum absolute atomic E-state index is 0. The second kappa shape index (κ2) is 12.0. The Morgan fingerprint density at radius 2 is 1.41 bits per heavy atom. The third-order valence-corrected chi connectivity index (χ3v) is 6.89. The number of phenols is 1. The van der Waals surface area contributed by atoms with Gasteiger partial charge in [0.25, 0.3) is 0 Å². The first kappa shape index (κ1) is 30.2. The number of phenolic OH excluding ortho intramolecular Hbond substituents is 1. The van der Waals surface area contributed by atoms with Crippen molar-refractivity contribution in [3.05, 3.63) is 114 Å². The number of hydrogen-bond donors (Lipinski definition) is 1. The SMILES string of the molecule is CC(C)(C)c1cc(-c2cc(-c3ccccc3)cc(-c3[c-]c(Oc4ccccn4)ccc3)n2)c(O)c(C(C)(C)C)c1.[Pt]. The van der Waals surface area contributed by atoms with E-state index in [2.05, 4.69) is 89.0 Å². The van der Waals surface area contributed by atoms with Crippen LogP contribution in [0.4, 0.5) is 0 Å². The van der Waals surface area contributed by atoms with Crippen LogP contribution in [-0.4, -0.2) is 15.1 Å². The van der Waals surface area contributed by atoms with Crippen LogP contribution in [0.2, 0.25) is 0 Å². The largest absolute Gasteiger partial charge is 0.507 e. The Kier molecular flexibility index (Phi) is 8.85. The van der Waals surface area contributed by atoms with Gasteiger partial charge >= 0.3 is 0 Å². The van der Waals surface area contributed by atoms with E-state index in [4.69, 9.17) is 9.72 Å². The predicted octanol–water partition coefficient (Wildman–Crippen LogP) is 9.37. The molecule has 0 amide bonds.